The second-order valence-electron chi connectivity index (χ2n) is 4.41. The SMILES string of the molecule is CCn1c(-c2ccccc2)cs/c1=N/C(=O)c1cccs1. The fourth-order valence-electron chi connectivity index (χ4n) is 2.11. The molecule has 0 bridgehead atoms. The van der Waals surface area contributed by atoms with Crippen molar-refractivity contribution < 1.29 is 4.79 Å². The number of rotatable bonds is 3. The van der Waals surface area contributed by atoms with Crippen molar-refractivity contribution in [3.05, 3.63) is 62.9 Å². The second-order valence-corrected chi connectivity index (χ2v) is 6.19. The molecule has 21 heavy (non-hydrogen) atoms. The second kappa shape index (κ2) is 6.20. The molecule has 0 aliphatic rings. The van der Waals surface area contributed by atoms with E-state index in [0.717, 1.165) is 22.6 Å². The molecule has 0 spiro atoms. The van der Waals surface area contributed by atoms with Gasteiger partial charge in [-0.2, -0.15) is 4.99 Å². The average Bonchev–Trinajstić information content (AvgIpc) is 3.17. The number of benzene rings is 1. The topological polar surface area (TPSA) is 34.4 Å². The van der Waals surface area contributed by atoms with Crippen LogP contribution in [0.5, 0.6) is 0 Å². The minimum atomic E-state index is -0.173. The minimum absolute atomic E-state index is 0.173. The van der Waals surface area contributed by atoms with Crippen LogP contribution >= 0.6 is 22.7 Å². The van der Waals surface area contributed by atoms with Gasteiger partial charge in [-0.15, -0.1) is 22.7 Å². The number of thiophene rings is 1. The fraction of sp³-hybridized carbons (Fsp3) is 0.125. The zero-order chi connectivity index (χ0) is 14.7. The third-order valence-electron chi connectivity index (χ3n) is 3.11. The Hall–Kier alpha value is -1.98. The molecule has 2 aromatic heterocycles. The molecule has 0 unspecified atom stereocenters. The predicted molar refractivity (Wildman–Crippen MR) is 87.6 cm³/mol. The predicted octanol–water partition coefficient (Wildman–Crippen LogP) is 4.04. The standard InChI is InChI=1S/C16H14N2OS2/c1-2-18-13(12-7-4-3-5-8-12)11-21-16(18)17-15(19)14-9-6-10-20-14/h3-11H,2H2,1H3/b17-16+. The summed E-state index contributed by atoms with van der Waals surface area (Å²) in [6, 6.07) is 13.8. The van der Waals surface area contributed by atoms with E-state index in [1.54, 1.807) is 6.07 Å². The van der Waals surface area contributed by atoms with E-state index in [2.05, 4.69) is 34.0 Å². The van der Waals surface area contributed by atoms with E-state index in [1.807, 2.05) is 29.6 Å². The van der Waals surface area contributed by atoms with Gasteiger partial charge in [-0.3, -0.25) is 4.79 Å². The van der Waals surface area contributed by atoms with Crippen LogP contribution in [-0.4, -0.2) is 10.5 Å². The third kappa shape index (κ3) is 2.89. The van der Waals surface area contributed by atoms with Gasteiger partial charge in [0.15, 0.2) is 4.80 Å². The molecular weight excluding hydrogens is 300 g/mol. The molecule has 0 atom stereocenters. The highest BCUT2D eigenvalue weighted by molar-refractivity contribution is 7.12. The van der Waals surface area contributed by atoms with Crippen molar-refractivity contribution in [3.63, 3.8) is 0 Å². The molecule has 0 radical (unpaired) electrons. The van der Waals surface area contributed by atoms with Gasteiger partial charge in [0.05, 0.1) is 10.6 Å². The van der Waals surface area contributed by atoms with Gasteiger partial charge < -0.3 is 4.57 Å². The summed E-state index contributed by atoms with van der Waals surface area (Å²) in [4.78, 5) is 17.8. The summed E-state index contributed by atoms with van der Waals surface area (Å²) in [5.74, 6) is -0.173. The first-order valence-electron chi connectivity index (χ1n) is 6.66. The molecule has 1 aromatic carbocycles. The molecule has 0 saturated carbocycles. The number of thiazole rings is 1. The molecule has 5 heteroatoms. The average molecular weight is 314 g/mol. The highest BCUT2D eigenvalue weighted by atomic mass is 32.1. The van der Waals surface area contributed by atoms with E-state index in [9.17, 15) is 4.79 Å². The number of amides is 1. The van der Waals surface area contributed by atoms with Gasteiger partial charge in [-0.25, -0.2) is 0 Å². The smallest absolute Gasteiger partial charge is 0.289 e. The van der Waals surface area contributed by atoms with Crippen LogP contribution < -0.4 is 4.80 Å². The van der Waals surface area contributed by atoms with Crippen molar-refractivity contribution in [2.75, 3.05) is 0 Å². The van der Waals surface area contributed by atoms with Crippen molar-refractivity contribution in [2.45, 2.75) is 13.5 Å². The number of nitrogens with zero attached hydrogens (tertiary/aromatic N) is 2. The van der Waals surface area contributed by atoms with Gasteiger partial charge in [0.1, 0.15) is 0 Å². The first-order chi connectivity index (χ1) is 10.3. The highest BCUT2D eigenvalue weighted by Gasteiger charge is 2.09. The van der Waals surface area contributed by atoms with Gasteiger partial charge in [0, 0.05) is 11.9 Å². The first kappa shape index (κ1) is 14.0. The van der Waals surface area contributed by atoms with E-state index in [4.69, 9.17) is 0 Å². The molecule has 3 nitrogen and oxygen atoms in total. The Morgan fingerprint density at radius 1 is 1.14 bits per heavy atom. The summed E-state index contributed by atoms with van der Waals surface area (Å²) in [5, 5.41) is 3.94. The van der Waals surface area contributed by atoms with Gasteiger partial charge in [0.25, 0.3) is 5.91 Å². The van der Waals surface area contributed by atoms with Crippen molar-refractivity contribution in [1.29, 1.82) is 0 Å². The molecule has 1 amide bonds. The fourth-order valence-corrected chi connectivity index (χ4v) is 3.68. The summed E-state index contributed by atoms with van der Waals surface area (Å²) in [6.07, 6.45) is 0. The lowest BCUT2D eigenvalue weighted by Crippen LogP contribution is -2.16. The largest absolute Gasteiger partial charge is 0.317 e. The number of hydrogen-bond donors (Lipinski definition) is 0. The van der Waals surface area contributed by atoms with Crippen molar-refractivity contribution in [3.8, 4) is 11.3 Å². The lowest BCUT2D eigenvalue weighted by Gasteiger charge is -2.05. The Kier molecular flexibility index (Phi) is 4.13. The lowest BCUT2D eigenvalue weighted by molar-refractivity contribution is 0.100. The maximum atomic E-state index is 12.1. The van der Waals surface area contributed by atoms with Gasteiger partial charge in [-0.1, -0.05) is 36.4 Å². The van der Waals surface area contributed by atoms with Gasteiger partial charge in [-0.05, 0) is 23.9 Å². The molecular formula is C16H14N2OS2. The van der Waals surface area contributed by atoms with Crippen LogP contribution in [0.1, 0.15) is 16.6 Å². The van der Waals surface area contributed by atoms with Crippen molar-refractivity contribution >= 4 is 28.6 Å². The maximum absolute atomic E-state index is 12.1. The van der Waals surface area contributed by atoms with E-state index >= 15 is 0 Å². The van der Waals surface area contributed by atoms with Gasteiger partial charge in [0.2, 0.25) is 0 Å². The minimum Gasteiger partial charge on any atom is -0.317 e. The molecule has 3 aromatic rings. The van der Waals surface area contributed by atoms with Crippen LogP contribution in [0.15, 0.2) is 58.2 Å². The van der Waals surface area contributed by atoms with Crippen LogP contribution in [0.2, 0.25) is 0 Å². The van der Waals surface area contributed by atoms with Crippen LogP contribution in [0, 0.1) is 0 Å². The van der Waals surface area contributed by atoms with Crippen LogP contribution in [-0.2, 0) is 6.54 Å². The Morgan fingerprint density at radius 2 is 1.95 bits per heavy atom. The number of hydrogen-bond acceptors (Lipinski definition) is 3. The van der Waals surface area contributed by atoms with E-state index in [1.165, 1.54) is 22.7 Å². The molecule has 2 heterocycles. The Balaban J connectivity index is 2.05. The van der Waals surface area contributed by atoms with E-state index in [-0.39, 0.29) is 5.91 Å². The zero-order valence-electron chi connectivity index (χ0n) is 11.5. The van der Waals surface area contributed by atoms with E-state index < -0.39 is 0 Å². The highest BCUT2D eigenvalue weighted by Crippen LogP contribution is 2.19. The molecule has 106 valence electrons. The van der Waals surface area contributed by atoms with Crippen LogP contribution in [0.25, 0.3) is 11.3 Å². The Labute approximate surface area is 130 Å². The molecule has 0 saturated heterocycles. The molecule has 0 N–H and O–H groups in total. The summed E-state index contributed by atoms with van der Waals surface area (Å²) >= 11 is 2.92. The Morgan fingerprint density at radius 3 is 2.62 bits per heavy atom. The van der Waals surface area contributed by atoms with Crippen molar-refractivity contribution in [2.24, 2.45) is 4.99 Å². The van der Waals surface area contributed by atoms with Gasteiger partial charge >= 0.3 is 0 Å². The first-order valence-corrected chi connectivity index (χ1v) is 8.42. The Bertz CT molecular complexity index is 798. The molecule has 3 rings (SSSR count). The summed E-state index contributed by atoms with van der Waals surface area (Å²) in [5.41, 5.74) is 2.24. The number of carbonyl (C=O) groups is 1. The molecule has 0 aliphatic heterocycles. The number of carbonyl (C=O) groups excluding carboxylic acids is 1. The summed E-state index contributed by atoms with van der Waals surface area (Å²) in [6.45, 7) is 2.85. The lowest BCUT2D eigenvalue weighted by atomic mass is 10.2. The van der Waals surface area contributed by atoms with E-state index in [0.29, 0.717) is 4.88 Å². The molecule has 0 aliphatic carbocycles. The van der Waals surface area contributed by atoms with Crippen molar-refractivity contribution in [1.82, 2.24) is 4.57 Å². The van der Waals surface area contributed by atoms with Crippen LogP contribution in [0.3, 0.4) is 0 Å². The molecule has 0 fully saturated rings. The summed E-state index contributed by atoms with van der Waals surface area (Å²) in [7, 11) is 0. The maximum Gasteiger partial charge on any atom is 0.289 e. The van der Waals surface area contributed by atoms with Crippen LogP contribution in [0.4, 0.5) is 0 Å². The third-order valence-corrected chi connectivity index (χ3v) is 4.83. The summed E-state index contributed by atoms with van der Waals surface area (Å²) < 4.78 is 2.07. The monoisotopic (exact) mass is 314 g/mol. The quantitative estimate of drug-likeness (QED) is 0.718. The normalized spacial score (nSPS) is 11.8. The zero-order valence-corrected chi connectivity index (χ0v) is 13.2. The number of aromatic nitrogens is 1.